The summed E-state index contributed by atoms with van der Waals surface area (Å²) in [5.74, 6) is 0. The molecule has 0 N–H and O–H groups in total. The first-order chi connectivity index (χ1) is 5.52. The number of allylic oxidation sites excluding steroid dienone is 1. The van der Waals surface area contributed by atoms with Gasteiger partial charge in [0.1, 0.15) is 0 Å². The van der Waals surface area contributed by atoms with Crippen LogP contribution in [-0.2, 0) is 0 Å². The van der Waals surface area contributed by atoms with Gasteiger partial charge in [0.05, 0.1) is 0 Å². The maximum Gasteiger partial charge on any atom is 0.0346 e. The summed E-state index contributed by atoms with van der Waals surface area (Å²) in [6, 6.07) is 0.0919. The van der Waals surface area contributed by atoms with Crippen LogP contribution in [-0.4, -0.2) is 6.04 Å². The van der Waals surface area contributed by atoms with Gasteiger partial charge in [-0.2, -0.15) is 0 Å². The molecule has 1 unspecified atom stereocenters. The smallest absolute Gasteiger partial charge is 0.0346 e. The zero-order valence-electron chi connectivity index (χ0n) is 8.12. The Labute approximate surface area is 74.1 Å². The van der Waals surface area contributed by atoms with Gasteiger partial charge in [-0.1, -0.05) is 32.0 Å². The Morgan fingerprint density at radius 2 is 2.25 bits per heavy atom. The maximum atomic E-state index is 8.16. The molecule has 0 rings (SSSR count). The molecule has 0 aromatic rings. The van der Waals surface area contributed by atoms with E-state index in [1.54, 1.807) is 0 Å². The molecule has 0 radical (unpaired) electrons. The first kappa shape index (κ1) is 11.1. The summed E-state index contributed by atoms with van der Waals surface area (Å²) in [5.41, 5.74) is 8.31. The molecular weight excluding hydrogens is 150 g/mol. The lowest BCUT2D eigenvalue weighted by Crippen LogP contribution is -2.10. The number of azide groups is 1. The number of hydrogen-bond acceptors (Lipinski definition) is 1. The lowest BCUT2D eigenvalue weighted by Gasteiger charge is -2.20. The van der Waals surface area contributed by atoms with Crippen molar-refractivity contribution in [3.63, 3.8) is 0 Å². The number of rotatable bonds is 5. The van der Waals surface area contributed by atoms with E-state index in [1.165, 1.54) is 0 Å². The molecule has 1 atom stereocenters. The summed E-state index contributed by atoms with van der Waals surface area (Å²) < 4.78 is 0. The Morgan fingerprint density at radius 1 is 1.67 bits per heavy atom. The second-order valence-corrected chi connectivity index (χ2v) is 3.79. The fourth-order valence-electron chi connectivity index (χ4n) is 0.829. The first-order valence-corrected chi connectivity index (χ1v) is 4.19. The highest BCUT2D eigenvalue weighted by Gasteiger charge is 2.13. The van der Waals surface area contributed by atoms with Crippen molar-refractivity contribution in [2.75, 3.05) is 0 Å². The average Bonchev–Trinajstić information content (AvgIpc) is 2.02. The molecule has 3 heteroatoms. The minimum absolute atomic E-state index is 0.0919. The summed E-state index contributed by atoms with van der Waals surface area (Å²) in [5, 5.41) is 3.61. The Hall–Kier alpha value is -0.950. The van der Waals surface area contributed by atoms with Crippen LogP contribution in [0.2, 0.25) is 0 Å². The number of nitrogens with zero attached hydrogens (tertiary/aromatic N) is 3. The van der Waals surface area contributed by atoms with E-state index in [0.717, 1.165) is 12.8 Å². The van der Waals surface area contributed by atoms with E-state index in [-0.39, 0.29) is 11.5 Å². The molecule has 0 saturated heterocycles. The first-order valence-electron chi connectivity index (χ1n) is 4.19. The van der Waals surface area contributed by atoms with Crippen LogP contribution in [0.3, 0.4) is 0 Å². The third kappa shape index (κ3) is 4.80. The summed E-state index contributed by atoms with van der Waals surface area (Å²) in [6.45, 7) is 9.94. The van der Waals surface area contributed by atoms with Crippen LogP contribution < -0.4 is 0 Å². The topological polar surface area (TPSA) is 48.8 Å². The molecule has 12 heavy (non-hydrogen) atoms. The zero-order chi connectivity index (χ0) is 9.61. The third-order valence-corrected chi connectivity index (χ3v) is 2.01. The predicted octanol–water partition coefficient (Wildman–Crippen LogP) is 3.68. The molecule has 0 fully saturated rings. The Bertz CT molecular complexity index is 190. The van der Waals surface area contributed by atoms with Gasteiger partial charge in [0.15, 0.2) is 0 Å². The van der Waals surface area contributed by atoms with Gasteiger partial charge < -0.3 is 0 Å². The predicted molar refractivity (Wildman–Crippen MR) is 51.8 cm³/mol. The summed E-state index contributed by atoms with van der Waals surface area (Å²) >= 11 is 0. The lowest BCUT2D eigenvalue weighted by molar-refractivity contribution is 0.404. The highest BCUT2D eigenvalue weighted by atomic mass is 15.1. The number of hydrogen-bond donors (Lipinski definition) is 0. The van der Waals surface area contributed by atoms with Crippen molar-refractivity contribution < 1.29 is 0 Å². The molecule has 0 aliphatic heterocycles. The quantitative estimate of drug-likeness (QED) is 0.259. The summed E-state index contributed by atoms with van der Waals surface area (Å²) in [7, 11) is 0. The fourth-order valence-corrected chi connectivity index (χ4v) is 0.829. The largest absolute Gasteiger partial charge is 0.103 e. The van der Waals surface area contributed by atoms with E-state index in [2.05, 4.69) is 30.5 Å². The fraction of sp³-hybridized carbons (Fsp3) is 0.778. The molecule has 0 aliphatic rings. The van der Waals surface area contributed by atoms with Crippen LogP contribution in [0.15, 0.2) is 17.8 Å². The lowest BCUT2D eigenvalue weighted by atomic mass is 9.87. The average molecular weight is 167 g/mol. The van der Waals surface area contributed by atoms with E-state index in [4.69, 9.17) is 5.53 Å². The Kier molecular flexibility index (Phi) is 4.45. The summed E-state index contributed by atoms with van der Waals surface area (Å²) in [6.07, 6.45) is 3.87. The van der Waals surface area contributed by atoms with Crippen molar-refractivity contribution in [3.05, 3.63) is 23.1 Å². The van der Waals surface area contributed by atoms with E-state index in [9.17, 15) is 0 Å². The minimum Gasteiger partial charge on any atom is -0.103 e. The third-order valence-electron chi connectivity index (χ3n) is 2.01. The van der Waals surface area contributed by atoms with Crippen LogP contribution in [0.25, 0.3) is 10.4 Å². The van der Waals surface area contributed by atoms with Gasteiger partial charge in [-0.25, -0.2) is 0 Å². The zero-order valence-corrected chi connectivity index (χ0v) is 8.12. The van der Waals surface area contributed by atoms with E-state index < -0.39 is 0 Å². The second kappa shape index (κ2) is 4.83. The van der Waals surface area contributed by atoms with Crippen LogP contribution in [0.1, 0.15) is 33.6 Å². The van der Waals surface area contributed by atoms with Crippen molar-refractivity contribution in [1.82, 2.24) is 0 Å². The molecule has 0 saturated carbocycles. The molecular formula is C9H17N3. The van der Waals surface area contributed by atoms with Gasteiger partial charge in [-0.05, 0) is 23.8 Å². The molecule has 0 aromatic heterocycles. The Balaban J connectivity index is 3.82. The van der Waals surface area contributed by atoms with Crippen molar-refractivity contribution in [1.29, 1.82) is 0 Å². The molecule has 0 aromatic carbocycles. The SMILES string of the molecule is C=CC(C)(C)CCC(C)N=[N+]=[N-]. The Morgan fingerprint density at radius 3 is 2.67 bits per heavy atom. The van der Waals surface area contributed by atoms with Crippen molar-refractivity contribution in [2.24, 2.45) is 10.5 Å². The van der Waals surface area contributed by atoms with Crippen LogP contribution in [0.4, 0.5) is 0 Å². The van der Waals surface area contributed by atoms with Gasteiger partial charge >= 0.3 is 0 Å². The second-order valence-electron chi connectivity index (χ2n) is 3.79. The molecule has 0 heterocycles. The monoisotopic (exact) mass is 167 g/mol. The van der Waals surface area contributed by atoms with Crippen LogP contribution in [0.5, 0.6) is 0 Å². The van der Waals surface area contributed by atoms with Gasteiger partial charge in [0, 0.05) is 11.0 Å². The highest BCUT2D eigenvalue weighted by molar-refractivity contribution is 4.87. The van der Waals surface area contributed by atoms with Gasteiger partial charge in [0.2, 0.25) is 0 Å². The van der Waals surface area contributed by atoms with Crippen molar-refractivity contribution >= 4 is 0 Å². The van der Waals surface area contributed by atoms with E-state index in [0.29, 0.717) is 0 Å². The molecule has 0 spiro atoms. The van der Waals surface area contributed by atoms with Crippen molar-refractivity contribution in [2.45, 2.75) is 39.7 Å². The van der Waals surface area contributed by atoms with Crippen LogP contribution in [0, 0.1) is 5.41 Å². The van der Waals surface area contributed by atoms with E-state index >= 15 is 0 Å². The molecule has 68 valence electrons. The van der Waals surface area contributed by atoms with Crippen LogP contribution >= 0.6 is 0 Å². The normalized spacial score (nSPS) is 13.2. The molecule has 3 nitrogen and oxygen atoms in total. The van der Waals surface area contributed by atoms with Gasteiger partial charge in [-0.15, -0.1) is 6.58 Å². The van der Waals surface area contributed by atoms with Gasteiger partial charge in [0.25, 0.3) is 0 Å². The molecule has 0 aliphatic carbocycles. The van der Waals surface area contributed by atoms with Crippen molar-refractivity contribution in [3.8, 4) is 0 Å². The highest BCUT2D eigenvalue weighted by Crippen LogP contribution is 2.24. The molecule has 0 amide bonds. The molecule has 0 bridgehead atoms. The van der Waals surface area contributed by atoms with Gasteiger partial charge in [-0.3, -0.25) is 0 Å². The summed E-state index contributed by atoms with van der Waals surface area (Å²) in [4.78, 5) is 2.76. The van der Waals surface area contributed by atoms with E-state index in [1.807, 2.05) is 13.0 Å². The maximum absolute atomic E-state index is 8.16. The minimum atomic E-state index is 0.0919. The standard InChI is InChI=1S/C9H17N3/c1-5-9(3,4)7-6-8(2)11-12-10/h5,8H,1,6-7H2,2-4H3.